The number of aromatic hydroxyl groups is 1. The molecule has 7 nitrogen and oxygen atoms in total. The Hall–Kier alpha value is -3.68. The van der Waals surface area contributed by atoms with Crippen LogP contribution in [0.1, 0.15) is 18.9 Å². The van der Waals surface area contributed by atoms with Crippen LogP contribution in [-0.2, 0) is 0 Å². The van der Waals surface area contributed by atoms with Crippen molar-refractivity contribution in [2.24, 2.45) is 4.99 Å². The predicted octanol–water partition coefficient (Wildman–Crippen LogP) is 2.91. The Morgan fingerprint density at radius 3 is 2.36 bits per heavy atom. The molecule has 0 aliphatic heterocycles. The second-order valence-electron chi connectivity index (χ2n) is 5.88. The summed E-state index contributed by atoms with van der Waals surface area (Å²) in [6.07, 6.45) is 0.300. The third-order valence-corrected chi connectivity index (χ3v) is 4.13. The maximum Gasteiger partial charge on any atom is 0.335 e. The molecule has 0 aliphatic rings. The van der Waals surface area contributed by atoms with Crippen LogP contribution in [0.2, 0.25) is 0 Å². The number of rotatable bonds is 5. The van der Waals surface area contributed by atoms with Crippen LogP contribution in [0.3, 0.4) is 0 Å². The summed E-state index contributed by atoms with van der Waals surface area (Å²) >= 11 is 0. The number of nitrogens with zero attached hydrogens (tertiary/aromatic N) is 2. The molecule has 0 fully saturated rings. The van der Waals surface area contributed by atoms with E-state index >= 15 is 0 Å². The van der Waals surface area contributed by atoms with Crippen molar-refractivity contribution in [1.82, 2.24) is 9.55 Å². The second kappa shape index (κ2) is 7.91. The maximum atomic E-state index is 13.1. The molecule has 0 amide bonds. The van der Waals surface area contributed by atoms with Gasteiger partial charge in [-0.3, -0.25) is 14.8 Å². The Morgan fingerprint density at radius 1 is 1.14 bits per heavy atom. The van der Waals surface area contributed by atoms with Gasteiger partial charge < -0.3 is 9.84 Å². The highest BCUT2D eigenvalue weighted by molar-refractivity contribution is 6.03. The van der Waals surface area contributed by atoms with E-state index in [0.29, 0.717) is 23.5 Å². The van der Waals surface area contributed by atoms with E-state index < -0.39 is 22.9 Å². The van der Waals surface area contributed by atoms with E-state index in [1.165, 1.54) is 31.4 Å². The average Bonchev–Trinajstić information content (AvgIpc) is 2.69. The first-order valence-corrected chi connectivity index (χ1v) is 8.50. The zero-order valence-electron chi connectivity index (χ0n) is 15.3. The van der Waals surface area contributed by atoms with Crippen molar-refractivity contribution >= 4 is 11.4 Å². The van der Waals surface area contributed by atoms with E-state index in [4.69, 9.17) is 4.74 Å². The van der Waals surface area contributed by atoms with Crippen LogP contribution in [0.25, 0.3) is 5.69 Å². The molecule has 0 aliphatic carbocycles. The Balaban J connectivity index is 2.18. The standard InChI is InChI=1S/C20H18FN3O4/c1-3-16(22-13-6-4-12(21)5-7-13)17-18(25)23-20(27)24(19(17)26)14-8-10-15(28-2)11-9-14/h4-11,26H,3H2,1-2H3,(H,23,25,27). The molecule has 0 unspecified atom stereocenters. The highest BCUT2D eigenvalue weighted by atomic mass is 19.1. The molecule has 0 saturated carbocycles. The summed E-state index contributed by atoms with van der Waals surface area (Å²) in [7, 11) is 1.51. The molecule has 0 saturated heterocycles. The van der Waals surface area contributed by atoms with Crippen molar-refractivity contribution < 1.29 is 14.2 Å². The van der Waals surface area contributed by atoms with Crippen LogP contribution in [0, 0.1) is 5.82 Å². The van der Waals surface area contributed by atoms with Crippen molar-refractivity contribution in [1.29, 1.82) is 0 Å². The van der Waals surface area contributed by atoms with Gasteiger partial charge in [-0.25, -0.2) is 13.8 Å². The van der Waals surface area contributed by atoms with E-state index in [1.807, 2.05) is 0 Å². The minimum atomic E-state index is -0.784. The molecule has 3 rings (SSSR count). The van der Waals surface area contributed by atoms with E-state index in [1.54, 1.807) is 31.2 Å². The Morgan fingerprint density at radius 2 is 1.79 bits per heavy atom. The van der Waals surface area contributed by atoms with Gasteiger partial charge in [0.05, 0.1) is 24.2 Å². The molecule has 1 heterocycles. The van der Waals surface area contributed by atoms with Crippen LogP contribution in [0.5, 0.6) is 11.6 Å². The molecule has 28 heavy (non-hydrogen) atoms. The summed E-state index contributed by atoms with van der Waals surface area (Å²) in [5, 5.41) is 10.7. The van der Waals surface area contributed by atoms with Gasteiger partial charge in [0.1, 0.15) is 17.1 Å². The molecule has 2 N–H and O–H groups in total. The van der Waals surface area contributed by atoms with E-state index in [0.717, 1.165) is 4.57 Å². The van der Waals surface area contributed by atoms with Crippen LogP contribution < -0.4 is 16.0 Å². The molecule has 0 bridgehead atoms. The summed E-state index contributed by atoms with van der Waals surface area (Å²) in [5.74, 6) is -0.361. The summed E-state index contributed by atoms with van der Waals surface area (Å²) in [5.41, 5.74) is -0.643. The van der Waals surface area contributed by atoms with Gasteiger partial charge >= 0.3 is 5.69 Å². The Kier molecular flexibility index (Phi) is 5.39. The van der Waals surface area contributed by atoms with Crippen LogP contribution in [-0.4, -0.2) is 27.5 Å². The zero-order chi connectivity index (χ0) is 20.3. The quantitative estimate of drug-likeness (QED) is 0.662. The second-order valence-corrected chi connectivity index (χ2v) is 5.88. The lowest BCUT2D eigenvalue weighted by Crippen LogP contribution is -2.33. The van der Waals surface area contributed by atoms with Gasteiger partial charge in [0.2, 0.25) is 5.88 Å². The lowest BCUT2D eigenvalue weighted by Gasteiger charge is -2.13. The van der Waals surface area contributed by atoms with Gasteiger partial charge in [0, 0.05) is 0 Å². The smallest absolute Gasteiger partial charge is 0.335 e. The third-order valence-electron chi connectivity index (χ3n) is 4.13. The minimum Gasteiger partial charge on any atom is -0.497 e. The van der Waals surface area contributed by atoms with Gasteiger partial charge in [-0.2, -0.15) is 0 Å². The first kappa shape index (κ1) is 19.1. The lowest BCUT2D eigenvalue weighted by molar-refractivity contribution is 0.414. The summed E-state index contributed by atoms with van der Waals surface area (Å²) in [4.78, 5) is 31.3. The monoisotopic (exact) mass is 383 g/mol. The number of aromatic amines is 1. The fraction of sp³-hybridized carbons (Fsp3) is 0.150. The average molecular weight is 383 g/mol. The third kappa shape index (κ3) is 3.71. The molecule has 2 aromatic carbocycles. The first-order valence-electron chi connectivity index (χ1n) is 8.50. The van der Waals surface area contributed by atoms with Crippen LogP contribution >= 0.6 is 0 Å². The number of halogens is 1. The molecule has 1 aromatic heterocycles. The first-order chi connectivity index (χ1) is 13.4. The Bertz CT molecular complexity index is 1130. The molecule has 3 aromatic rings. The van der Waals surface area contributed by atoms with Crippen molar-refractivity contribution in [3.8, 4) is 17.3 Å². The summed E-state index contributed by atoms with van der Waals surface area (Å²) < 4.78 is 19.2. The number of methoxy groups -OCH3 is 1. The number of ether oxygens (including phenoxy) is 1. The van der Waals surface area contributed by atoms with Gasteiger partial charge in [0.25, 0.3) is 5.56 Å². The predicted molar refractivity (Wildman–Crippen MR) is 104 cm³/mol. The molecule has 144 valence electrons. The molecular weight excluding hydrogens is 365 g/mol. The van der Waals surface area contributed by atoms with E-state index in [9.17, 15) is 19.1 Å². The lowest BCUT2D eigenvalue weighted by atomic mass is 10.1. The van der Waals surface area contributed by atoms with Crippen LogP contribution in [0.15, 0.2) is 63.1 Å². The maximum absolute atomic E-state index is 13.1. The van der Waals surface area contributed by atoms with Crippen molar-refractivity contribution in [3.63, 3.8) is 0 Å². The number of hydrogen-bond donors (Lipinski definition) is 2. The van der Waals surface area contributed by atoms with Gasteiger partial charge in [-0.15, -0.1) is 0 Å². The molecular formula is C20H18FN3O4. The normalized spacial score (nSPS) is 11.5. The topological polar surface area (TPSA) is 96.7 Å². The SMILES string of the molecule is CCC(=Nc1ccc(F)cc1)c1c(O)n(-c2ccc(OC)cc2)c(=O)[nH]c1=O. The van der Waals surface area contributed by atoms with Gasteiger partial charge in [-0.1, -0.05) is 6.92 Å². The fourth-order valence-electron chi connectivity index (χ4n) is 2.74. The number of H-pyrrole nitrogens is 1. The highest BCUT2D eigenvalue weighted by Crippen LogP contribution is 2.22. The number of aliphatic imine (C=N–C) groups is 1. The molecule has 0 atom stereocenters. The van der Waals surface area contributed by atoms with Gasteiger partial charge in [0.15, 0.2) is 0 Å². The minimum absolute atomic E-state index is 0.123. The zero-order valence-corrected chi connectivity index (χ0v) is 15.3. The van der Waals surface area contributed by atoms with Crippen LogP contribution in [0.4, 0.5) is 10.1 Å². The summed E-state index contributed by atoms with van der Waals surface area (Å²) in [6.45, 7) is 1.75. The van der Waals surface area contributed by atoms with Crippen molar-refractivity contribution in [2.75, 3.05) is 7.11 Å². The van der Waals surface area contributed by atoms with Crippen molar-refractivity contribution in [2.45, 2.75) is 13.3 Å². The number of aromatic nitrogens is 2. The van der Waals surface area contributed by atoms with E-state index in [2.05, 4.69) is 9.98 Å². The largest absolute Gasteiger partial charge is 0.497 e. The number of benzene rings is 2. The summed E-state index contributed by atoms with van der Waals surface area (Å²) in [6, 6.07) is 11.8. The number of hydrogen-bond acceptors (Lipinski definition) is 5. The fourth-order valence-corrected chi connectivity index (χ4v) is 2.74. The Labute approximate surface area is 159 Å². The highest BCUT2D eigenvalue weighted by Gasteiger charge is 2.19. The molecule has 0 radical (unpaired) electrons. The molecule has 0 spiro atoms. The molecule has 8 heteroatoms. The van der Waals surface area contributed by atoms with Gasteiger partial charge in [-0.05, 0) is 55.0 Å². The number of nitrogens with one attached hydrogen (secondary N) is 1. The van der Waals surface area contributed by atoms with Crippen molar-refractivity contribution in [3.05, 3.63) is 80.7 Å². The van der Waals surface area contributed by atoms with E-state index in [-0.39, 0.29) is 11.3 Å².